The molecule has 0 saturated heterocycles. The molecule has 0 aromatic carbocycles. The maximum atomic E-state index is 8.24. The predicted molar refractivity (Wildman–Crippen MR) is 37.0 cm³/mol. The van der Waals surface area contributed by atoms with Gasteiger partial charge < -0.3 is 0 Å². The zero-order valence-corrected chi connectivity index (χ0v) is 8.42. The van der Waals surface area contributed by atoms with E-state index in [1.807, 2.05) is 6.92 Å². The summed E-state index contributed by atoms with van der Waals surface area (Å²) in [6.07, 6.45) is 0. The van der Waals surface area contributed by atoms with Gasteiger partial charge in [-0.2, -0.15) is 0 Å². The van der Waals surface area contributed by atoms with Gasteiger partial charge in [-0.15, -0.1) is 0 Å². The van der Waals surface area contributed by atoms with Crippen LogP contribution < -0.4 is 0 Å². The van der Waals surface area contributed by atoms with Gasteiger partial charge in [0.1, 0.15) is 0 Å². The van der Waals surface area contributed by atoms with Crippen molar-refractivity contribution < 1.29 is 0 Å². The molecule has 0 spiro atoms. The topological polar surface area (TPSA) is 47.6 Å². The second kappa shape index (κ2) is 6.14. The molecule has 0 fully saturated rings. The third kappa shape index (κ3) is 5.90. The predicted octanol–water partition coefficient (Wildman–Crippen LogP) is 0.584. The number of rotatable bonds is 3. The van der Waals surface area contributed by atoms with Crippen LogP contribution in [-0.2, 0) is 0 Å². The Bertz CT molecular complexity index is 144. The van der Waals surface area contributed by atoms with Crippen LogP contribution in [0, 0.1) is 20.5 Å². The Morgan fingerprint density at radius 2 is 2.11 bits per heavy atom. The van der Waals surface area contributed by atoms with Crippen LogP contribution in [0.5, 0.6) is 0 Å². The van der Waals surface area contributed by atoms with Crippen molar-refractivity contribution in [2.75, 3.05) is 0 Å². The van der Waals surface area contributed by atoms with Crippen molar-refractivity contribution in [3.05, 3.63) is 0 Å². The van der Waals surface area contributed by atoms with Crippen LogP contribution in [0.4, 0.5) is 0 Å². The first kappa shape index (κ1) is 9.02. The molecule has 48 valence electrons. The van der Waals surface area contributed by atoms with Gasteiger partial charge in [-0.3, -0.25) is 0 Å². The number of nitriles is 2. The van der Waals surface area contributed by atoms with Crippen LogP contribution in [0.1, 0.15) is 6.92 Å². The molecule has 0 amide bonds. The van der Waals surface area contributed by atoms with Gasteiger partial charge in [-0.1, -0.05) is 0 Å². The average Bonchev–Trinajstić information content (AvgIpc) is 1.85. The van der Waals surface area contributed by atoms with E-state index in [4.69, 9.17) is 10.5 Å². The third-order valence-corrected chi connectivity index (χ3v) is 4.79. The average molecular weight is 252 g/mol. The summed E-state index contributed by atoms with van der Waals surface area (Å²) in [4.78, 5) is 4.73. The SMILES string of the molecule is CC(C[Se]C#N)[Se]C#N. The van der Waals surface area contributed by atoms with Crippen LogP contribution in [0.2, 0.25) is 10.1 Å². The molecular weight excluding hydrogens is 246 g/mol. The van der Waals surface area contributed by atoms with Crippen molar-refractivity contribution in [2.24, 2.45) is 0 Å². The molecule has 0 N–H and O–H groups in total. The van der Waals surface area contributed by atoms with E-state index in [0.29, 0.717) is 4.82 Å². The summed E-state index contributed by atoms with van der Waals surface area (Å²) in [5.41, 5.74) is 0. The minimum atomic E-state index is 0.0958. The van der Waals surface area contributed by atoms with E-state index in [-0.39, 0.29) is 29.9 Å². The molecule has 0 aliphatic heterocycles. The second-order valence-corrected chi connectivity index (χ2v) is 5.68. The molecule has 2 nitrogen and oxygen atoms in total. The Morgan fingerprint density at radius 3 is 2.56 bits per heavy atom. The van der Waals surface area contributed by atoms with Crippen LogP contribution in [0.15, 0.2) is 0 Å². The fraction of sp³-hybridized carbons (Fsp3) is 0.600. The van der Waals surface area contributed by atoms with Gasteiger partial charge in [-0.25, -0.2) is 0 Å². The third-order valence-electron chi connectivity index (χ3n) is 0.636. The Morgan fingerprint density at radius 1 is 1.44 bits per heavy atom. The van der Waals surface area contributed by atoms with Gasteiger partial charge >= 0.3 is 67.4 Å². The molecule has 1 unspecified atom stereocenters. The Labute approximate surface area is 67.5 Å². The first-order valence-electron chi connectivity index (χ1n) is 2.37. The van der Waals surface area contributed by atoms with Crippen LogP contribution >= 0.6 is 0 Å². The van der Waals surface area contributed by atoms with E-state index < -0.39 is 0 Å². The summed E-state index contributed by atoms with van der Waals surface area (Å²) in [5, 5.41) is 17.4. The molecule has 4 heteroatoms. The molecule has 1 atom stereocenters. The van der Waals surface area contributed by atoms with E-state index >= 15 is 0 Å². The summed E-state index contributed by atoms with van der Waals surface area (Å²) >= 11 is 0.205. The Hall–Kier alpha value is 0.0190. The molecule has 0 saturated carbocycles. The van der Waals surface area contributed by atoms with Crippen molar-refractivity contribution in [1.82, 2.24) is 0 Å². The molecule has 0 aliphatic carbocycles. The van der Waals surface area contributed by atoms with Gasteiger partial charge in [0.05, 0.1) is 0 Å². The zero-order chi connectivity index (χ0) is 7.11. The fourth-order valence-electron chi connectivity index (χ4n) is 0.279. The van der Waals surface area contributed by atoms with Gasteiger partial charge in [-0.05, 0) is 0 Å². The van der Waals surface area contributed by atoms with Gasteiger partial charge in [0, 0.05) is 0 Å². The van der Waals surface area contributed by atoms with E-state index in [0.717, 1.165) is 5.32 Å². The minimum absolute atomic E-state index is 0.0958. The van der Waals surface area contributed by atoms with Gasteiger partial charge in [0.25, 0.3) is 0 Å². The maximum absolute atomic E-state index is 8.24. The van der Waals surface area contributed by atoms with Crippen molar-refractivity contribution in [3.63, 3.8) is 0 Å². The second-order valence-electron chi connectivity index (χ2n) is 1.42. The van der Waals surface area contributed by atoms with Crippen LogP contribution in [0.3, 0.4) is 0 Å². The molecule has 0 aromatic rings. The van der Waals surface area contributed by atoms with Crippen molar-refractivity contribution in [2.45, 2.75) is 17.1 Å². The zero-order valence-electron chi connectivity index (χ0n) is 5.00. The van der Waals surface area contributed by atoms with Crippen molar-refractivity contribution >= 4 is 29.9 Å². The summed E-state index contributed by atoms with van der Waals surface area (Å²) < 4.78 is 0. The number of hydrogen-bond acceptors (Lipinski definition) is 2. The van der Waals surface area contributed by atoms with Crippen molar-refractivity contribution in [1.29, 1.82) is 10.5 Å². The summed E-state index contributed by atoms with van der Waals surface area (Å²) in [5.74, 6) is 0. The normalized spacial score (nSPS) is 11.4. The molecule has 0 aliphatic rings. The van der Waals surface area contributed by atoms with E-state index in [2.05, 4.69) is 9.94 Å². The molecule has 0 radical (unpaired) electrons. The summed E-state index contributed by atoms with van der Waals surface area (Å²) in [7, 11) is 0. The summed E-state index contributed by atoms with van der Waals surface area (Å²) in [6, 6.07) is 0. The van der Waals surface area contributed by atoms with E-state index in [9.17, 15) is 0 Å². The molecular formula is C5H6N2Se2. The standard InChI is InChI=1S/C5H6N2Se2/c1-5(9-4-7)2-8-3-6/h5H,2H2,1H3. The van der Waals surface area contributed by atoms with Crippen molar-refractivity contribution in [3.8, 4) is 9.94 Å². The van der Waals surface area contributed by atoms with E-state index in [1.165, 1.54) is 0 Å². The first-order valence-corrected chi connectivity index (χ1v) is 6.28. The Kier molecular flexibility index (Phi) is 6.16. The van der Waals surface area contributed by atoms with Gasteiger partial charge in [0.2, 0.25) is 0 Å². The number of hydrogen-bond donors (Lipinski definition) is 0. The Balaban J connectivity index is 3.21. The first-order chi connectivity index (χ1) is 4.31. The molecule has 0 heterocycles. The molecule has 0 bridgehead atoms. The molecule has 0 rings (SSSR count). The van der Waals surface area contributed by atoms with E-state index in [1.54, 1.807) is 0 Å². The number of nitrogens with zero attached hydrogens (tertiary/aromatic N) is 2. The van der Waals surface area contributed by atoms with Gasteiger partial charge in [0.15, 0.2) is 0 Å². The monoisotopic (exact) mass is 254 g/mol. The summed E-state index contributed by atoms with van der Waals surface area (Å²) in [6.45, 7) is 2.03. The molecule has 0 aromatic heterocycles. The quantitative estimate of drug-likeness (QED) is 0.690. The fourth-order valence-corrected chi connectivity index (χ4v) is 2.93. The van der Waals surface area contributed by atoms with Crippen LogP contribution in [0.25, 0.3) is 0 Å². The van der Waals surface area contributed by atoms with Crippen LogP contribution in [-0.4, -0.2) is 29.9 Å². The molecule has 9 heavy (non-hydrogen) atoms.